The molecule has 0 saturated carbocycles. The summed E-state index contributed by atoms with van der Waals surface area (Å²) in [5.41, 5.74) is 8.69. The number of nitrogens with zero attached hydrogens (tertiary/aromatic N) is 2. The third kappa shape index (κ3) is 4.49. The molecule has 3 aromatic carbocycles. The van der Waals surface area contributed by atoms with Gasteiger partial charge in [0.2, 0.25) is 0 Å². The summed E-state index contributed by atoms with van der Waals surface area (Å²) in [4.78, 5) is 8.70. The molecule has 1 aliphatic heterocycles. The van der Waals surface area contributed by atoms with Crippen LogP contribution in [-0.2, 0) is 0 Å². The Morgan fingerprint density at radius 3 is 2.36 bits per heavy atom. The highest BCUT2D eigenvalue weighted by atomic mass is 15.3. The molecule has 0 spiro atoms. The number of nitrogens with one attached hydrogen (secondary N) is 2. The Morgan fingerprint density at radius 2 is 1.64 bits per heavy atom. The van der Waals surface area contributed by atoms with Crippen LogP contribution in [0.4, 0.5) is 17.2 Å². The van der Waals surface area contributed by atoms with E-state index in [-0.39, 0.29) is 0 Å². The van der Waals surface area contributed by atoms with Gasteiger partial charge in [0.25, 0.3) is 0 Å². The molecule has 1 saturated heterocycles. The third-order valence-electron chi connectivity index (χ3n) is 6.85. The van der Waals surface area contributed by atoms with Gasteiger partial charge in [-0.2, -0.15) is 0 Å². The number of hydrogen-bond donors (Lipinski definition) is 2. The van der Waals surface area contributed by atoms with E-state index in [0.717, 1.165) is 37.7 Å². The summed E-state index contributed by atoms with van der Waals surface area (Å²) < 4.78 is 0. The number of rotatable bonds is 5. The van der Waals surface area contributed by atoms with Crippen LogP contribution in [0.3, 0.4) is 0 Å². The van der Waals surface area contributed by atoms with Crippen molar-refractivity contribution < 1.29 is 0 Å². The number of anilines is 3. The maximum Gasteiger partial charge on any atom is 0.108 e. The fourth-order valence-electron chi connectivity index (χ4n) is 5.00. The lowest BCUT2D eigenvalue weighted by molar-refractivity contribution is 0.209. The molecule has 2 heterocycles. The van der Waals surface area contributed by atoms with Crippen LogP contribution in [0.1, 0.15) is 25.0 Å². The second-order valence-corrected chi connectivity index (χ2v) is 9.57. The first-order chi connectivity index (χ1) is 16.0. The van der Waals surface area contributed by atoms with Crippen molar-refractivity contribution in [2.45, 2.75) is 33.7 Å². The lowest BCUT2D eigenvalue weighted by Crippen LogP contribution is -2.49. The predicted octanol–water partition coefficient (Wildman–Crippen LogP) is 6.73. The van der Waals surface area contributed by atoms with E-state index >= 15 is 0 Å². The van der Waals surface area contributed by atoms with Gasteiger partial charge in [-0.3, -0.25) is 4.90 Å². The van der Waals surface area contributed by atoms with E-state index in [1.807, 2.05) is 0 Å². The van der Waals surface area contributed by atoms with Crippen LogP contribution in [0.2, 0.25) is 0 Å². The topological polar surface area (TPSA) is 34.3 Å². The Morgan fingerprint density at radius 1 is 0.848 bits per heavy atom. The zero-order valence-corrected chi connectivity index (χ0v) is 20.2. The van der Waals surface area contributed by atoms with Crippen LogP contribution < -0.4 is 10.2 Å². The SMILES string of the molecule is Cc1cccc(-c2cccc3cc(Nc4ccc(N5CCN(C(C)C)CC5)c(C)c4)[nH]c23)c1. The first-order valence-corrected chi connectivity index (χ1v) is 12.0. The summed E-state index contributed by atoms with van der Waals surface area (Å²) in [6, 6.07) is 24.7. The van der Waals surface area contributed by atoms with E-state index in [9.17, 15) is 0 Å². The number of para-hydroxylation sites is 1. The molecule has 1 aromatic heterocycles. The number of H-pyrrole nitrogens is 1. The number of hydrogen-bond acceptors (Lipinski definition) is 3. The van der Waals surface area contributed by atoms with Gasteiger partial charge in [-0.05, 0) is 63.1 Å². The van der Waals surface area contributed by atoms with E-state index in [2.05, 4.69) is 115 Å². The summed E-state index contributed by atoms with van der Waals surface area (Å²) >= 11 is 0. The lowest BCUT2D eigenvalue weighted by atomic mass is 10.0. The quantitative estimate of drug-likeness (QED) is 0.363. The van der Waals surface area contributed by atoms with Crippen LogP contribution in [0.15, 0.2) is 66.7 Å². The maximum absolute atomic E-state index is 3.62. The molecule has 0 unspecified atom stereocenters. The first-order valence-electron chi connectivity index (χ1n) is 12.0. The number of aromatic amines is 1. The molecule has 1 aliphatic rings. The Balaban J connectivity index is 1.36. The highest BCUT2D eigenvalue weighted by Crippen LogP contribution is 2.32. The van der Waals surface area contributed by atoms with E-state index < -0.39 is 0 Å². The Labute approximate surface area is 197 Å². The fourth-order valence-corrected chi connectivity index (χ4v) is 5.00. The Hall–Kier alpha value is -3.24. The van der Waals surface area contributed by atoms with Crippen molar-refractivity contribution in [1.29, 1.82) is 0 Å². The molecular formula is C29H34N4. The Bertz CT molecular complexity index is 1260. The van der Waals surface area contributed by atoms with Crippen LogP contribution in [0.5, 0.6) is 0 Å². The second kappa shape index (κ2) is 8.95. The molecule has 1 fully saturated rings. The average molecular weight is 439 g/mol. The molecule has 33 heavy (non-hydrogen) atoms. The zero-order chi connectivity index (χ0) is 22.9. The van der Waals surface area contributed by atoms with Crippen LogP contribution >= 0.6 is 0 Å². The molecule has 0 atom stereocenters. The minimum absolute atomic E-state index is 0.627. The van der Waals surface area contributed by atoms with Crippen molar-refractivity contribution in [3.8, 4) is 11.1 Å². The van der Waals surface area contributed by atoms with E-state index in [1.54, 1.807) is 0 Å². The molecule has 170 valence electrons. The summed E-state index contributed by atoms with van der Waals surface area (Å²) in [7, 11) is 0. The smallest absolute Gasteiger partial charge is 0.108 e. The van der Waals surface area contributed by atoms with Gasteiger partial charge < -0.3 is 15.2 Å². The highest BCUT2D eigenvalue weighted by Gasteiger charge is 2.20. The largest absolute Gasteiger partial charge is 0.369 e. The van der Waals surface area contributed by atoms with E-state index in [4.69, 9.17) is 0 Å². The standard InChI is InChI=1S/C29H34N4/c1-20(2)32-13-15-33(16-14-32)27-12-11-25(18-22(27)4)30-28-19-24-9-6-10-26(29(24)31-28)23-8-5-7-21(3)17-23/h5-12,17-20,30-31H,13-16H2,1-4H3. The van der Waals surface area contributed by atoms with Crippen molar-refractivity contribution in [1.82, 2.24) is 9.88 Å². The van der Waals surface area contributed by atoms with Crippen molar-refractivity contribution in [2.75, 3.05) is 36.4 Å². The second-order valence-electron chi connectivity index (χ2n) is 9.57. The number of fused-ring (bicyclic) bond motifs is 1. The van der Waals surface area contributed by atoms with Gasteiger partial charge in [0.05, 0.1) is 5.52 Å². The molecule has 0 radical (unpaired) electrons. The van der Waals surface area contributed by atoms with Gasteiger partial charge in [0.1, 0.15) is 5.82 Å². The van der Waals surface area contributed by atoms with Crippen molar-refractivity contribution in [3.05, 3.63) is 77.9 Å². The minimum atomic E-state index is 0.627. The minimum Gasteiger partial charge on any atom is -0.369 e. The van der Waals surface area contributed by atoms with Crippen molar-refractivity contribution >= 4 is 28.1 Å². The molecule has 4 aromatic rings. The monoisotopic (exact) mass is 438 g/mol. The van der Waals surface area contributed by atoms with Gasteiger partial charge in [-0.25, -0.2) is 0 Å². The van der Waals surface area contributed by atoms with Crippen molar-refractivity contribution in [2.24, 2.45) is 0 Å². The van der Waals surface area contributed by atoms with E-state index in [1.165, 1.54) is 38.8 Å². The molecule has 0 bridgehead atoms. The third-order valence-corrected chi connectivity index (χ3v) is 6.85. The molecule has 0 amide bonds. The zero-order valence-electron chi connectivity index (χ0n) is 20.2. The maximum atomic E-state index is 3.62. The van der Waals surface area contributed by atoms with Crippen LogP contribution in [0.25, 0.3) is 22.0 Å². The molecular weight excluding hydrogens is 404 g/mol. The predicted molar refractivity (Wildman–Crippen MR) is 142 cm³/mol. The summed E-state index contributed by atoms with van der Waals surface area (Å²) in [5, 5.41) is 4.81. The first kappa shape index (κ1) is 21.6. The summed E-state index contributed by atoms with van der Waals surface area (Å²) in [5.74, 6) is 1.02. The molecule has 0 aliphatic carbocycles. The molecule has 4 heteroatoms. The summed E-state index contributed by atoms with van der Waals surface area (Å²) in [6.45, 7) is 13.4. The van der Waals surface area contributed by atoms with Gasteiger partial charge in [-0.15, -0.1) is 0 Å². The number of benzene rings is 3. The number of aryl methyl sites for hydroxylation is 2. The average Bonchev–Trinajstić information content (AvgIpc) is 3.21. The highest BCUT2D eigenvalue weighted by molar-refractivity contribution is 5.97. The van der Waals surface area contributed by atoms with Gasteiger partial charge in [-0.1, -0.05) is 48.0 Å². The van der Waals surface area contributed by atoms with Gasteiger partial charge >= 0.3 is 0 Å². The molecule has 5 rings (SSSR count). The molecule has 2 N–H and O–H groups in total. The lowest BCUT2D eigenvalue weighted by Gasteiger charge is -2.38. The van der Waals surface area contributed by atoms with Crippen LogP contribution in [0, 0.1) is 13.8 Å². The normalized spacial score (nSPS) is 14.9. The number of piperazine rings is 1. The molecule has 4 nitrogen and oxygen atoms in total. The summed E-state index contributed by atoms with van der Waals surface area (Å²) in [6.07, 6.45) is 0. The van der Waals surface area contributed by atoms with E-state index in [0.29, 0.717) is 6.04 Å². The van der Waals surface area contributed by atoms with Crippen LogP contribution in [-0.4, -0.2) is 42.1 Å². The van der Waals surface area contributed by atoms with Crippen molar-refractivity contribution in [3.63, 3.8) is 0 Å². The number of aromatic nitrogens is 1. The Kier molecular flexibility index (Phi) is 5.86. The van der Waals surface area contributed by atoms with Gasteiger partial charge in [0, 0.05) is 54.5 Å². The fraction of sp³-hybridized carbons (Fsp3) is 0.310. The van der Waals surface area contributed by atoms with Gasteiger partial charge in [0.15, 0.2) is 0 Å².